The molecule has 235 valence electrons. The Bertz CT molecular complexity index is 1520. The van der Waals surface area contributed by atoms with Gasteiger partial charge in [-0.15, -0.1) is 0 Å². The molecule has 3 heterocycles. The van der Waals surface area contributed by atoms with Crippen molar-refractivity contribution in [2.45, 2.75) is 20.8 Å². The Balaban J connectivity index is 0.00000675. The number of nitrogens with one attached hydrogen (secondary N) is 6. The number of rotatable bonds is 12. The van der Waals surface area contributed by atoms with Gasteiger partial charge in [0.2, 0.25) is 16.7 Å². The van der Waals surface area contributed by atoms with Gasteiger partial charge in [-0.3, -0.25) is 33.7 Å². The maximum absolute atomic E-state index is 12.5. The van der Waals surface area contributed by atoms with Gasteiger partial charge in [-0.2, -0.15) is 0 Å². The molecule has 0 spiro atoms. The first-order valence-corrected chi connectivity index (χ1v) is 13.1. The van der Waals surface area contributed by atoms with Crippen molar-refractivity contribution in [3.63, 3.8) is 0 Å². The van der Waals surface area contributed by atoms with Crippen LogP contribution in [0.3, 0.4) is 0 Å². The first-order chi connectivity index (χ1) is 20.3. The zero-order valence-electron chi connectivity index (χ0n) is 23.9. The second-order valence-electron chi connectivity index (χ2n) is 9.68. The summed E-state index contributed by atoms with van der Waals surface area (Å²) >= 11 is 0. The Hall–Kier alpha value is -4.06. The summed E-state index contributed by atoms with van der Waals surface area (Å²) in [5.41, 5.74) is -2.75. The molecule has 0 atom stereocenters. The van der Waals surface area contributed by atoms with E-state index in [2.05, 4.69) is 30.9 Å². The van der Waals surface area contributed by atoms with E-state index in [9.17, 15) is 44.1 Å². The number of carbonyl (C=O) groups is 3. The number of hydrogen-bond acceptors (Lipinski definition) is 10. The van der Waals surface area contributed by atoms with Crippen molar-refractivity contribution in [2.24, 2.45) is 0 Å². The predicted octanol–water partition coefficient (Wildman–Crippen LogP) is -3.21. The molecule has 16 nitrogen and oxygen atoms in total. The minimum Gasteiger partial charge on any atom is -0.868 e. The number of carbonyl (C=O) groups excluding carboxylic acids is 3. The molecule has 0 aliphatic heterocycles. The molecular weight excluding hydrogens is 724 g/mol. The number of aromatic amines is 3. The first kappa shape index (κ1) is 36.1. The van der Waals surface area contributed by atoms with Crippen LogP contribution in [0, 0.1) is 60.7 Å². The quantitative estimate of drug-likeness (QED) is 0.108. The summed E-state index contributed by atoms with van der Waals surface area (Å²) in [6.45, 7) is 5.03. The van der Waals surface area contributed by atoms with Gasteiger partial charge in [-0.25, -0.2) is 0 Å². The average molecular weight is 754 g/mol. The Morgan fingerprint density at radius 2 is 0.841 bits per heavy atom. The molecule has 0 saturated carbocycles. The van der Waals surface area contributed by atoms with Gasteiger partial charge in [0.15, 0.2) is 0 Å². The third-order valence-corrected chi connectivity index (χ3v) is 6.24. The predicted molar refractivity (Wildman–Crippen MR) is 147 cm³/mol. The second kappa shape index (κ2) is 16.1. The Labute approximate surface area is 282 Å². The summed E-state index contributed by atoms with van der Waals surface area (Å²) in [5.74, 6) is -5.23. The summed E-state index contributed by atoms with van der Waals surface area (Å²) < 4.78 is 0. The van der Waals surface area contributed by atoms with E-state index in [4.69, 9.17) is 0 Å². The van der Waals surface area contributed by atoms with Crippen LogP contribution in [0.2, 0.25) is 0 Å². The fraction of sp³-hybridized carbons (Fsp3) is 0.333. The molecule has 0 bridgehead atoms. The van der Waals surface area contributed by atoms with E-state index in [0.29, 0.717) is 17.1 Å². The topological polar surface area (TPSA) is 258 Å². The Morgan fingerprint density at radius 3 is 1.09 bits per heavy atom. The van der Waals surface area contributed by atoms with Crippen LogP contribution in [-0.4, -0.2) is 76.8 Å². The molecule has 44 heavy (non-hydrogen) atoms. The summed E-state index contributed by atoms with van der Waals surface area (Å²) in [5, 5.41) is 43.8. The molecule has 0 aliphatic rings. The Kier molecular flexibility index (Phi) is 13.3. The van der Waals surface area contributed by atoms with Gasteiger partial charge in [0.25, 0.3) is 17.7 Å². The maximum Gasteiger partial charge on any atom is 3.00 e. The molecule has 0 saturated heterocycles. The van der Waals surface area contributed by atoms with Crippen molar-refractivity contribution in [3.8, 4) is 17.2 Å². The van der Waals surface area contributed by atoms with E-state index < -0.39 is 51.6 Å². The largest absolute Gasteiger partial charge is 3.00 e. The van der Waals surface area contributed by atoms with Crippen molar-refractivity contribution in [1.29, 1.82) is 0 Å². The number of H-pyrrole nitrogens is 3. The van der Waals surface area contributed by atoms with Crippen LogP contribution in [0.15, 0.2) is 32.6 Å². The van der Waals surface area contributed by atoms with Gasteiger partial charge in [0, 0.05) is 73.0 Å². The van der Waals surface area contributed by atoms with Crippen molar-refractivity contribution in [2.75, 3.05) is 39.3 Å². The summed E-state index contributed by atoms with van der Waals surface area (Å²) in [6.07, 6.45) is 0. The molecule has 0 unspecified atom stereocenters. The van der Waals surface area contributed by atoms with Crippen LogP contribution in [0.25, 0.3) is 0 Å². The smallest absolute Gasteiger partial charge is 0.868 e. The van der Waals surface area contributed by atoms with Gasteiger partial charge in [-0.05, 0) is 56.2 Å². The molecule has 0 aliphatic carbocycles. The summed E-state index contributed by atoms with van der Waals surface area (Å²) in [4.78, 5) is 81.4. The van der Waals surface area contributed by atoms with Crippen LogP contribution in [0.4, 0.5) is 0 Å². The number of nitrogens with zero attached hydrogens (tertiary/aromatic N) is 1. The third-order valence-electron chi connectivity index (χ3n) is 6.24. The van der Waals surface area contributed by atoms with Crippen molar-refractivity contribution in [1.82, 2.24) is 35.8 Å². The van der Waals surface area contributed by atoms with E-state index in [1.54, 1.807) is 4.90 Å². The van der Waals surface area contributed by atoms with Gasteiger partial charge < -0.3 is 46.2 Å². The average Bonchev–Trinajstić information content (AvgIpc) is 2.93. The minimum atomic E-state index is -0.981. The molecule has 0 aromatic carbocycles. The fourth-order valence-corrected chi connectivity index (χ4v) is 4.14. The van der Waals surface area contributed by atoms with Crippen LogP contribution in [0.5, 0.6) is 17.2 Å². The van der Waals surface area contributed by atoms with Gasteiger partial charge in [-0.1, -0.05) is 0 Å². The molecule has 3 rings (SSSR count). The number of aryl methyl sites for hydroxylation is 3. The zero-order valence-corrected chi connectivity index (χ0v) is 26.2. The van der Waals surface area contributed by atoms with E-state index in [-0.39, 0.29) is 95.9 Å². The van der Waals surface area contributed by atoms with Crippen LogP contribution in [0.1, 0.15) is 48.2 Å². The van der Waals surface area contributed by atoms with Crippen molar-refractivity contribution in [3.05, 3.63) is 83.0 Å². The monoisotopic (exact) mass is 754 g/mol. The van der Waals surface area contributed by atoms with E-state index in [1.807, 2.05) is 0 Å². The SMILES string of the molecule is Cc1cc(C(=O)NCCN(CCNC(=O)c2cc(C)[nH]c(=O)c2[O-])CCNC(=O)c2cc(C)[nH]c(=O)c2[O-])c([O-])c(=O)[nH]1.[Gd+3]. The van der Waals surface area contributed by atoms with Gasteiger partial charge in [0.05, 0.1) is 0 Å². The molecule has 3 amide bonds. The maximum atomic E-state index is 12.5. The fourth-order valence-electron chi connectivity index (χ4n) is 4.14. The zero-order chi connectivity index (χ0) is 31.8. The van der Waals surface area contributed by atoms with Crippen LogP contribution < -0.4 is 47.9 Å². The molecule has 3 aromatic heterocycles. The van der Waals surface area contributed by atoms with Crippen molar-refractivity contribution >= 4 is 17.7 Å². The molecule has 1 radical (unpaired) electrons. The standard InChI is InChI=1S/C27H33N7O9.Gd/c1-13-10-16(19(35)25(41)31-13)22(38)28-4-7-34(8-5-29-23(39)17-11-14(2)32-26(42)20(17)36)9-6-30-24(40)18-12-15(3)33-27(43)21(18)37;/h10-12,35-37H,4-9H2,1-3H3,(H,28,38)(H,29,39)(H,30,40)(H,31,41)(H,32,42)(H,33,43);/q;+3/p-3. The van der Waals surface area contributed by atoms with Crippen LogP contribution in [-0.2, 0) is 0 Å². The molecule has 0 fully saturated rings. The third kappa shape index (κ3) is 9.47. The van der Waals surface area contributed by atoms with Crippen molar-refractivity contribution < 1.29 is 69.6 Å². The molecule has 6 N–H and O–H groups in total. The Morgan fingerprint density at radius 1 is 0.591 bits per heavy atom. The number of hydrogen-bond donors (Lipinski definition) is 6. The summed E-state index contributed by atoms with van der Waals surface area (Å²) in [6, 6.07) is 3.76. The minimum absolute atomic E-state index is 0. The summed E-state index contributed by atoms with van der Waals surface area (Å²) in [7, 11) is 0. The van der Waals surface area contributed by atoms with E-state index in [0.717, 1.165) is 0 Å². The number of pyridine rings is 3. The van der Waals surface area contributed by atoms with Gasteiger partial charge in [0.1, 0.15) is 0 Å². The second-order valence-corrected chi connectivity index (χ2v) is 9.68. The molecule has 17 heteroatoms. The first-order valence-electron chi connectivity index (χ1n) is 13.1. The van der Waals surface area contributed by atoms with Gasteiger partial charge >= 0.3 is 39.9 Å². The van der Waals surface area contributed by atoms with E-state index in [1.165, 1.54) is 39.0 Å². The normalized spacial score (nSPS) is 10.6. The molecular formula is C27H30GdN7O9. The van der Waals surface area contributed by atoms with Crippen LogP contribution >= 0.6 is 0 Å². The van der Waals surface area contributed by atoms with E-state index >= 15 is 0 Å². The molecule has 3 aromatic rings. The number of amides is 3. The number of aromatic nitrogens is 3.